The lowest BCUT2D eigenvalue weighted by Gasteiger charge is -2.67. The van der Waals surface area contributed by atoms with Gasteiger partial charge in [0, 0.05) is 5.54 Å². The molecule has 4 saturated carbocycles. The van der Waals surface area contributed by atoms with Gasteiger partial charge < -0.3 is 5.73 Å². The first-order chi connectivity index (χ1) is 8.13. The van der Waals surface area contributed by atoms with Crippen LogP contribution in [0.25, 0.3) is 0 Å². The molecule has 1 nitrogen and oxygen atoms in total. The molecule has 0 aliphatic heterocycles. The predicted octanol–water partition coefficient (Wildman–Crippen LogP) is 4.11. The van der Waals surface area contributed by atoms with Gasteiger partial charge >= 0.3 is 0 Å². The fourth-order valence-electron chi connectivity index (χ4n) is 6.20. The Bertz CT molecular complexity index is 276. The number of nitrogens with two attached hydrogens (primary N) is 1. The van der Waals surface area contributed by atoms with Gasteiger partial charge in [0.05, 0.1) is 0 Å². The van der Waals surface area contributed by atoms with Gasteiger partial charge in [0.2, 0.25) is 0 Å². The van der Waals surface area contributed by atoms with Crippen LogP contribution in [0.2, 0.25) is 0 Å². The zero-order valence-electron chi connectivity index (χ0n) is 11.7. The van der Waals surface area contributed by atoms with Crippen molar-refractivity contribution in [1.82, 2.24) is 0 Å². The number of hydrogen-bond acceptors (Lipinski definition) is 1. The highest BCUT2D eigenvalue weighted by atomic mass is 14.9. The molecular weight excluding hydrogens is 206 g/mol. The summed E-state index contributed by atoms with van der Waals surface area (Å²) in [5.74, 6) is 2.94. The second kappa shape index (κ2) is 3.98. The monoisotopic (exact) mass is 235 g/mol. The summed E-state index contributed by atoms with van der Waals surface area (Å²) in [6.45, 7) is 4.71. The molecule has 2 unspecified atom stereocenters. The Hall–Kier alpha value is -0.0400. The summed E-state index contributed by atoms with van der Waals surface area (Å²) in [5.41, 5.74) is 7.71. The van der Waals surface area contributed by atoms with E-state index in [2.05, 4.69) is 13.8 Å². The molecule has 0 heterocycles. The van der Waals surface area contributed by atoms with E-state index in [1.807, 2.05) is 0 Å². The van der Waals surface area contributed by atoms with Crippen molar-refractivity contribution in [3.8, 4) is 0 Å². The zero-order valence-corrected chi connectivity index (χ0v) is 11.7. The van der Waals surface area contributed by atoms with Crippen LogP contribution in [0.5, 0.6) is 0 Å². The molecule has 0 amide bonds. The maximum atomic E-state index is 6.97. The molecule has 4 bridgehead atoms. The topological polar surface area (TPSA) is 26.0 Å². The first kappa shape index (κ1) is 12.0. The average molecular weight is 235 g/mol. The maximum absolute atomic E-state index is 6.97. The van der Waals surface area contributed by atoms with Gasteiger partial charge in [-0.2, -0.15) is 0 Å². The second-order valence-electron chi connectivity index (χ2n) is 7.36. The van der Waals surface area contributed by atoms with Crippen LogP contribution < -0.4 is 5.73 Å². The van der Waals surface area contributed by atoms with Crippen LogP contribution >= 0.6 is 0 Å². The molecule has 17 heavy (non-hydrogen) atoms. The molecule has 0 saturated heterocycles. The van der Waals surface area contributed by atoms with Gasteiger partial charge in [-0.05, 0) is 68.1 Å². The van der Waals surface area contributed by atoms with Crippen molar-refractivity contribution in [2.45, 2.75) is 77.2 Å². The second-order valence-corrected chi connectivity index (χ2v) is 7.36. The Morgan fingerprint density at radius 1 is 0.941 bits per heavy atom. The predicted molar refractivity (Wildman–Crippen MR) is 72.7 cm³/mol. The van der Waals surface area contributed by atoms with Crippen molar-refractivity contribution in [2.75, 3.05) is 0 Å². The lowest BCUT2D eigenvalue weighted by Crippen LogP contribution is -2.68. The largest absolute Gasteiger partial charge is 0.325 e. The normalized spacial score (nSPS) is 46.4. The van der Waals surface area contributed by atoms with Crippen LogP contribution in [0.15, 0.2) is 0 Å². The summed E-state index contributed by atoms with van der Waals surface area (Å²) in [6.07, 6.45) is 12.6. The highest BCUT2D eigenvalue weighted by Crippen LogP contribution is 2.66. The molecule has 0 aromatic carbocycles. The molecule has 2 atom stereocenters. The summed E-state index contributed by atoms with van der Waals surface area (Å²) in [4.78, 5) is 0. The molecule has 2 N–H and O–H groups in total. The fourth-order valence-corrected chi connectivity index (χ4v) is 6.20. The minimum atomic E-state index is 0.216. The molecule has 4 aliphatic carbocycles. The third kappa shape index (κ3) is 1.54. The Morgan fingerprint density at radius 2 is 1.47 bits per heavy atom. The van der Waals surface area contributed by atoms with E-state index in [-0.39, 0.29) is 5.54 Å². The fraction of sp³-hybridized carbons (Fsp3) is 1.00. The van der Waals surface area contributed by atoms with Gasteiger partial charge in [-0.15, -0.1) is 0 Å². The summed E-state index contributed by atoms with van der Waals surface area (Å²) < 4.78 is 0. The SMILES string of the molecule is CCCC1(CCC)C2CC3CC(C2)CC1(N)C3. The lowest BCUT2D eigenvalue weighted by atomic mass is 9.40. The molecule has 98 valence electrons. The average Bonchev–Trinajstić information content (AvgIpc) is 2.24. The first-order valence-corrected chi connectivity index (χ1v) is 7.92. The third-order valence-electron chi connectivity index (χ3n) is 6.37. The Balaban J connectivity index is 1.96. The molecule has 0 radical (unpaired) electrons. The molecule has 0 aromatic rings. The number of rotatable bonds is 4. The van der Waals surface area contributed by atoms with E-state index in [4.69, 9.17) is 5.73 Å². The van der Waals surface area contributed by atoms with Gasteiger partial charge in [0.15, 0.2) is 0 Å². The quantitative estimate of drug-likeness (QED) is 0.779. The highest BCUT2D eigenvalue weighted by molar-refractivity contribution is 5.16. The molecule has 4 fully saturated rings. The van der Waals surface area contributed by atoms with Crippen molar-refractivity contribution in [2.24, 2.45) is 28.9 Å². The van der Waals surface area contributed by atoms with Crippen molar-refractivity contribution in [3.05, 3.63) is 0 Å². The molecule has 0 spiro atoms. The summed E-state index contributed by atoms with van der Waals surface area (Å²) >= 11 is 0. The Labute approximate surface area is 107 Å². The minimum Gasteiger partial charge on any atom is -0.325 e. The summed E-state index contributed by atoms with van der Waals surface area (Å²) in [5, 5.41) is 0. The Kier molecular flexibility index (Phi) is 2.81. The van der Waals surface area contributed by atoms with Gasteiger partial charge in [-0.3, -0.25) is 0 Å². The zero-order chi connectivity index (χ0) is 12.1. The third-order valence-corrected chi connectivity index (χ3v) is 6.37. The molecular formula is C16H29N. The van der Waals surface area contributed by atoms with Crippen molar-refractivity contribution < 1.29 is 0 Å². The lowest BCUT2D eigenvalue weighted by molar-refractivity contribution is -0.135. The maximum Gasteiger partial charge on any atom is 0.0219 e. The minimum absolute atomic E-state index is 0.216. The van der Waals surface area contributed by atoms with Crippen LogP contribution in [-0.2, 0) is 0 Å². The van der Waals surface area contributed by atoms with E-state index in [9.17, 15) is 0 Å². The number of hydrogen-bond donors (Lipinski definition) is 1. The Morgan fingerprint density at radius 3 is 1.88 bits per heavy atom. The molecule has 0 aromatic heterocycles. The standard InChI is InChI=1S/C16H29N/c1-3-5-15(6-4-2)14-8-12-7-13(9-14)11-16(15,17)10-12/h12-14H,3-11,17H2,1-2H3. The van der Waals surface area contributed by atoms with E-state index in [1.165, 1.54) is 57.8 Å². The van der Waals surface area contributed by atoms with E-state index in [1.54, 1.807) is 0 Å². The summed E-state index contributed by atoms with van der Waals surface area (Å²) in [7, 11) is 0. The van der Waals surface area contributed by atoms with Crippen LogP contribution in [-0.4, -0.2) is 5.54 Å². The van der Waals surface area contributed by atoms with Crippen LogP contribution in [0.4, 0.5) is 0 Å². The van der Waals surface area contributed by atoms with Crippen molar-refractivity contribution >= 4 is 0 Å². The van der Waals surface area contributed by atoms with Crippen molar-refractivity contribution in [3.63, 3.8) is 0 Å². The first-order valence-electron chi connectivity index (χ1n) is 7.92. The van der Waals surface area contributed by atoms with Crippen LogP contribution in [0.1, 0.15) is 71.6 Å². The van der Waals surface area contributed by atoms with Gasteiger partial charge in [-0.25, -0.2) is 0 Å². The van der Waals surface area contributed by atoms with Crippen LogP contribution in [0, 0.1) is 23.2 Å². The van der Waals surface area contributed by atoms with Gasteiger partial charge in [0.25, 0.3) is 0 Å². The van der Waals surface area contributed by atoms with Crippen LogP contribution in [0.3, 0.4) is 0 Å². The molecule has 4 aliphatic rings. The summed E-state index contributed by atoms with van der Waals surface area (Å²) in [6, 6.07) is 0. The molecule has 4 rings (SSSR count). The van der Waals surface area contributed by atoms with Gasteiger partial charge in [0.1, 0.15) is 0 Å². The van der Waals surface area contributed by atoms with E-state index in [0.717, 1.165) is 17.8 Å². The van der Waals surface area contributed by atoms with E-state index < -0.39 is 0 Å². The van der Waals surface area contributed by atoms with Crippen molar-refractivity contribution in [1.29, 1.82) is 0 Å². The molecule has 1 heteroatoms. The highest BCUT2D eigenvalue weighted by Gasteiger charge is 2.62. The van der Waals surface area contributed by atoms with E-state index >= 15 is 0 Å². The van der Waals surface area contributed by atoms with E-state index in [0.29, 0.717) is 5.41 Å². The van der Waals surface area contributed by atoms with Gasteiger partial charge in [-0.1, -0.05) is 26.7 Å². The smallest absolute Gasteiger partial charge is 0.0219 e.